The minimum Gasteiger partial charge on any atom is -0.388 e. The molecule has 1 aromatic carbocycles. The van der Waals surface area contributed by atoms with Gasteiger partial charge in [0.05, 0.1) is 18.5 Å². The molecular formula is C27H36N4O4. The molecule has 3 fully saturated rings. The lowest BCUT2D eigenvalue weighted by atomic mass is 9.73. The van der Waals surface area contributed by atoms with Gasteiger partial charge in [0.15, 0.2) is 0 Å². The van der Waals surface area contributed by atoms with Crippen LogP contribution in [0.5, 0.6) is 0 Å². The number of amides is 1. The summed E-state index contributed by atoms with van der Waals surface area (Å²) in [5.74, 6) is 0.979. The smallest absolute Gasteiger partial charge is 0.255 e. The zero-order valence-corrected chi connectivity index (χ0v) is 20.6. The van der Waals surface area contributed by atoms with Gasteiger partial charge in [0.25, 0.3) is 5.56 Å². The second-order valence-electron chi connectivity index (χ2n) is 10.8. The lowest BCUT2D eigenvalue weighted by molar-refractivity contribution is -0.136. The third-order valence-electron chi connectivity index (χ3n) is 8.16. The number of aromatic nitrogens is 2. The highest BCUT2D eigenvalue weighted by Crippen LogP contribution is 2.41. The van der Waals surface area contributed by atoms with E-state index in [1.807, 2.05) is 23.1 Å². The lowest BCUT2D eigenvalue weighted by Crippen LogP contribution is -2.59. The van der Waals surface area contributed by atoms with Crippen LogP contribution in [0.1, 0.15) is 50.5 Å². The lowest BCUT2D eigenvalue weighted by Gasteiger charge is -2.52. The Morgan fingerprint density at radius 2 is 1.80 bits per heavy atom. The van der Waals surface area contributed by atoms with Crippen molar-refractivity contribution >= 4 is 11.7 Å². The third-order valence-corrected chi connectivity index (χ3v) is 8.16. The predicted octanol–water partition coefficient (Wildman–Crippen LogP) is 2.41. The first-order valence-corrected chi connectivity index (χ1v) is 12.8. The van der Waals surface area contributed by atoms with Gasteiger partial charge in [-0.25, -0.2) is 4.98 Å². The van der Waals surface area contributed by atoms with Gasteiger partial charge in [0.1, 0.15) is 5.82 Å². The van der Waals surface area contributed by atoms with E-state index in [9.17, 15) is 14.7 Å². The maximum atomic E-state index is 12.8. The topological polar surface area (TPSA) is 87.9 Å². The van der Waals surface area contributed by atoms with Gasteiger partial charge < -0.3 is 19.6 Å². The zero-order chi connectivity index (χ0) is 24.5. The van der Waals surface area contributed by atoms with Gasteiger partial charge >= 0.3 is 0 Å². The Kier molecular flexibility index (Phi) is 6.68. The standard InChI is InChI=1S/C27H36N4O4/c1-21(22-5-3-2-4-6-22)15-24(32)29-11-7-27(34,8-12-29)19-31-20-28-23(16-25(31)33)30-17-26(18-30)9-13-35-14-10-26/h2-6,16,20-21,34H,7-15,17-19H2,1H3. The van der Waals surface area contributed by atoms with Crippen molar-refractivity contribution in [1.29, 1.82) is 0 Å². The van der Waals surface area contributed by atoms with Crippen LogP contribution in [0, 0.1) is 5.41 Å². The van der Waals surface area contributed by atoms with Crippen molar-refractivity contribution in [3.63, 3.8) is 0 Å². The normalized spacial score (nSPS) is 22.0. The summed E-state index contributed by atoms with van der Waals surface area (Å²) in [5.41, 5.74) is 0.309. The maximum Gasteiger partial charge on any atom is 0.255 e. The number of hydrogen-bond acceptors (Lipinski definition) is 6. The number of nitrogens with zero attached hydrogens (tertiary/aromatic N) is 4. The minimum atomic E-state index is -1.02. The highest BCUT2D eigenvalue weighted by Gasteiger charge is 2.44. The molecule has 1 aromatic heterocycles. The minimum absolute atomic E-state index is 0.114. The molecule has 3 aliphatic heterocycles. The number of rotatable bonds is 6. The average Bonchev–Trinajstić information content (AvgIpc) is 2.85. The molecule has 1 N–H and O–H groups in total. The Hall–Kier alpha value is -2.71. The van der Waals surface area contributed by atoms with E-state index < -0.39 is 5.60 Å². The molecule has 35 heavy (non-hydrogen) atoms. The average molecular weight is 481 g/mol. The molecule has 4 heterocycles. The number of aliphatic hydroxyl groups is 1. The monoisotopic (exact) mass is 480 g/mol. The summed E-state index contributed by atoms with van der Waals surface area (Å²) < 4.78 is 6.98. The first-order chi connectivity index (χ1) is 16.8. The fraction of sp³-hybridized carbons (Fsp3) is 0.593. The van der Waals surface area contributed by atoms with E-state index in [2.05, 4.69) is 28.9 Å². The summed E-state index contributed by atoms with van der Waals surface area (Å²) in [7, 11) is 0. The van der Waals surface area contributed by atoms with E-state index in [-0.39, 0.29) is 23.9 Å². The Bertz CT molecular complexity index is 1080. The summed E-state index contributed by atoms with van der Waals surface area (Å²) in [6.45, 7) is 6.73. The van der Waals surface area contributed by atoms with E-state index in [4.69, 9.17) is 4.74 Å². The Labute approximate surface area is 206 Å². The predicted molar refractivity (Wildman–Crippen MR) is 133 cm³/mol. The molecule has 1 amide bonds. The largest absolute Gasteiger partial charge is 0.388 e. The highest BCUT2D eigenvalue weighted by molar-refractivity contribution is 5.77. The van der Waals surface area contributed by atoms with Gasteiger partial charge in [0, 0.05) is 57.3 Å². The molecule has 2 aromatic rings. The second-order valence-corrected chi connectivity index (χ2v) is 10.8. The molecule has 188 valence electrons. The molecule has 3 aliphatic rings. The highest BCUT2D eigenvalue weighted by atomic mass is 16.5. The van der Waals surface area contributed by atoms with E-state index in [1.165, 1.54) is 4.57 Å². The summed E-state index contributed by atoms with van der Waals surface area (Å²) >= 11 is 0. The van der Waals surface area contributed by atoms with Gasteiger partial charge in [-0.1, -0.05) is 37.3 Å². The first kappa shape index (κ1) is 24.0. The van der Waals surface area contributed by atoms with Crippen LogP contribution in [0.25, 0.3) is 0 Å². The van der Waals surface area contributed by atoms with Gasteiger partial charge in [-0.2, -0.15) is 0 Å². The van der Waals surface area contributed by atoms with Crippen molar-refractivity contribution in [2.75, 3.05) is 44.3 Å². The Balaban J connectivity index is 1.13. The van der Waals surface area contributed by atoms with E-state index in [0.717, 1.165) is 44.7 Å². The van der Waals surface area contributed by atoms with Gasteiger partial charge in [-0.05, 0) is 37.2 Å². The molecule has 1 unspecified atom stereocenters. The molecule has 0 aliphatic carbocycles. The van der Waals surface area contributed by atoms with Crippen LogP contribution < -0.4 is 10.5 Å². The van der Waals surface area contributed by atoms with Crippen LogP contribution >= 0.6 is 0 Å². The Morgan fingerprint density at radius 1 is 1.11 bits per heavy atom. The summed E-state index contributed by atoms with van der Waals surface area (Å²) in [6, 6.07) is 11.6. The molecule has 5 rings (SSSR count). The molecule has 8 heteroatoms. The molecule has 0 saturated carbocycles. The van der Waals surface area contributed by atoms with Crippen molar-refractivity contribution in [2.45, 2.75) is 57.1 Å². The zero-order valence-electron chi connectivity index (χ0n) is 20.6. The second kappa shape index (κ2) is 9.74. The third kappa shape index (κ3) is 5.28. The number of benzene rings is 1. The van der Waals surface area contributed by atoms with Crippen LogP contribution in [0.15, 0.2) is 47.5 Å². The number of anilines is 1. The molecule has 3 saturated heterocycles. The molecule has 1 spiro atoms. The SMILES string of the molecule is CC(CC(=O)N1CCC(O)(Cn2cnc(N3CC4(CCOCC4)C3)cc2=O)CC1)c1ccccc1. The fourth-order valence-electron chi connectivity index (χ4n) is 5.69. The molecule has 8 nitrogen and oxygen atoms in total. The van der Waals surface area contributed by atoms with Gasteiger partial charge in [-0.3, -0.25) is 14.2 Å². The molecule has 0 bridgehead atoms. The van der Waals surface area contributed by atoms with Crippen molar-refractivity contribution in [3.8, 4) is 0 Å². The number of carbonyl (C=O) groups excluding carboxylic acids is 1. The van der Waals surface area contributed by atoms with Crippen LogP contribution in [-0.4, -0.2) is 70.5 Å². The van der Waals surface area contributed by atoms with Crippen LogP contribution in [0.3, 0.4) is 0 Å². The summed E-state index contributed by atoms with van der Waals surface area (Å²) in [5, 5.41) is 11.2. The van der Waals surface area contributed by atoms with E-state index in [0.29, 0.717) is 43.6 Å². The molecular weight excluding hydrogens is 444 g/mol. The van der Waals surface area contributed by atoms with Crippen molar-refractivity contribution in [1.82, 2.24) is 14.5 Å². The van der Waals surface area contributed by atoms with E-state index >= 15 is 0 Å². The maximum absolute atomic E-state index is 12.8. The fourth-order valence-corrected chi connectivity index (χ4v) is 5.69. The number of ether oxygens (including phenoxy) is 1. The summed E-state index contributed by atoms with van der Waals surface area (Å²) in [6.07, 6.45) is 5.05. The van der Waals surface area contributed by atoms with Crippen LogP contribution in [0.4, 0.5) is 5.82 Å². The molecule has 1 atom stereocenters. The van der Waals surface area contributed by atoms with Gasteiger partial charge in [0.2, 0.25) is 5.91 Å². The van der Waals surface area contributed by atoms with Crippen molar-refractivity contribution in [3.05, 3.63) is 58.6 Å². The van der Waals surface area contributed by atoms with Crippen molar-refractivity contribution < 1.29 is 14.6 Å². The number of carbonyl (C=O) groups is 1. The van der Waals surface area contributed by atoms with Crippen LogP contribution in [0.2, 0.25) is 0 Å². The number of hydrogen-bond donors (Lipinski definition) is 1. The first-order valence-electron chi connectivity index (χ1n) is 12.8. The van der Waals surface area contributed by atoms with Gasteiger partial charge in [-0.15, -0.1) is 0 Å². The number of likely N-dealkylation sites (tertiary alicyclic amines) is 1. The van der Waals surface area contributed by atoms with Crippen LogP contribution in [-0.2, 0) is 16.1 Å². The Morgan fingerprint density at radius 3 is 2.46 bits per heavy atom. The molecule has 0 radical (unpaired) electrons. The van der Waals surface area contributed by atoms with Crippen molar-refractivity contribution in [2.24, 2.45) is 5.41 Å². The quantitative estimate of drug-likeness (QED) is 0.683. The summed E-state index contributed by atoms with van der Waals surface area (Å²) in [4.78, 5) is 34.1. The van der Waals surface area contributed by atoms with E-state index in [1.54, 1.807) is 12.4 Å². The number of piperidine rings is 1.